The fraction of sp³-hybridized carbons (Fsp3) is 0.231. The van der Waals surface area contributed by atoms with Crippen LogP contribution in [0.25, 0.3) is 22.3 Å². The minimum Gasteiger partial charge on any atom is -0.444 e. The summed E-state index contributed by atoms with van der Waals surface area (Å²) >= 11 is 0. The molecular weight excluding hydrogens is 865 g/mol. The van der Waals surface area contributed by atoms with Gasteiger partial charge in [-0.15, -0.1) is 0 Å². The zero-order chi connectivity index (χ0) is 47.3. The maximum atomic E-state index is 11.7. The Morgan fingerprint density at radius 2 is 0.618 bits per heavy atom. The lowest BCUT2D eigenvalue weighted by molar-refractivity contribution is -0.145. The number of allylic oxidation sites excluding steroid dienone is 8. The molecule has 8 bridgehead atoms. The molecule has 348 valence electrons. The van der Waals surface area contributed by atoms with Crippen LogP contribution in [-0.4, -0.2) is 117 Å². The number of ether oxygens (including phenoxy) is 4. The first-order chi connectivity index (χ1) is 32.9. The molecule has 0 spiro atoms. The van der Waals surface area contributed by atoms with Crippen molar-refractivity contribution in [2.75, 3.05) is 53.1 Å². The third-order valence-corrected chi connectivity index (χ3v) is 11.8. The summed E-state index contributed by atoms with van der Waals surface area (Å²) in [5, 5.41) is 3.48. The lowest BCUT2D eigenvalue weighted by Gasteiger charge is -2.23. The van der Waals surface area contributed by atoms with Crippen molar-refractivity contribution in [3.8, 4) is 0 Å². The average Bonchev–Trinajstić information content (AvgIpc) is 4.19. The van der Waals surface area contributed by atoms with E-state index in [1.165, 1.54) is 27.7 Å². The maximum absolute atomic E-state index is 11.7. The van der Waals surface area contributed by atoms with Gasteiger partial charge >= 0.3 is 23.9 Å². The molecule has 0 aromatic carbocycles. The smallest absolute Gasteiger partial charge is 0.304 e. The van der Waals surface area contributed by atoms with E-state index in [0.717, 1.165) is 88.8 Å². The maximum Gasteiger partial charge on any atom is 0.304 e. The molecule has 0 unspecified atom stereocenters. The summed E-state index contributed by atoms with van der Waals surface area (Å²) in [5.41, 5.74) is 11.1. The number of esters is 4. The molecule has 0 atom stereocenters. The fourth-order valence-corrected chi connectivity index (χ4v) is 8.51. The van der Waals surface area contributed by atoms with Gasteiger partial charge in [-0.25, -0.2) is 0 Å². The number of aromatic nitrogens is 4. The second-order valence-electron chi connectivity index (χ2n) is 16.7. The van der Waals surface area contributed by atoms with Gasteiger partial charge in [0.2, 0.25) is 0 Å². The molecule has 0 fully saturated rings. The van der Waals surface area contributed by atoms with Crippen LogP contribution in [0.15, 0.2) is 144 Å². The predicted octanol–water partition coefficient (Wildman–Crippen LogP) is 3.21. The molecule has 0 saturated carbocycles. The molecule has 16 nitrogen and oxygen atoms in total. The van der Waals surface area contributed by atoms with Gasteiger partial charge in [-0.2, -0.15) is 0 Å². The SMILES string of the molecule is CC(=O)OCN1C=CC(C2=c3ccc([nH]3)=C(C3=CCN(COC(C)=O)C=C3)c3ccc([nH]3)C(C3=CCN(COC(C)=O)C=C3)=c3ccc([nH]3)=C(C3=CCN(COC(C)=O)C=C3)c3ccc2[nH]3)=CC1. The van der Waals surface area contributed by atoms with Gasteiger partial charge in [0.15, 0.2) is 26.9 Å². The van der Waals surface area contributed by atoms with Gasteiger partial charge in [-0.05, 0) is 95.1 Å². The Labute approximate surface area is 391 Å². The molecule has 0 amide bonds. The Bertz CT molecular complexity index is 2780. The van der Waals surface area contributed by atoms with E-state index >= 15 is 0 Å². The van der Waals surface area contributed by atoms with E-state index in [2.05, 4.69) is 92.8 Å². The molecule has 16 heteroatoms. The minimum absolute atomic E-state index is 0.139. The number of carbonyl (C=O) groups is 4. The van der Waals surface area contributed by atoms with E-state index in [4.69, 9.17) is 18.9 Å². The topological polar surface area (TPSA) is 181 Å². The molecule has 9 rings (SSSR count). The van der Waals surface area contributed by atoms with Gasteiger partial charge in [0.1, 0.15) is 0 Å². The second kappa shape index (κ2) is 19.6. The van der Waals surface area contributed by atoms with Crippen molar-refractivity contribution >= 4 is 46.2 Å². The summed E-state index contributed by atoms with van der Waals surface area (Å²) in [5.74, 6) is -1.38. The number of nitrogens with one attached hydrogen (secondary N) is 4. The third kappa shape index (κ3) is 10.0. The molecule has 4 N–H and O–H groups in total. The largest absolute Gasteiger partial charge is 0.444 e. The molecule has 0 saturated heterocycles. The first-order valence-electron chi connectivity index (χ1n) is 22.3. The second-order valence-corrected chi connectivity index (χ2v) is 16.7. The van der Waals surface area contributed by atoms with Crippen LogP contribution in [0.4, 0.5) is 0 Å². The van der Waals surface area contributed by atoms with Gasteiger partial charge in [0, 0.05) is 145 Å². The highest BCUT2D eigenvalue weighted by molar-refractivity contribution is 5.87. The van der Waals surface area contributed by atoms with E-state index in [9.17, 15) is 19.2 Å². The van der Waals surface area contributed by atoms with Crippen molar-refractivity contribution < 1.29 is 38.1 Å². The van der Waals surface area contributed by atoms with Crippen LogP contribution in [0.1, 0.15) is 50.5 Å². The highest BCUT2D eigenvalue weighted by atomic mass is 16.6. The van der Waals surface area contributed by atoms with Gasteiger partial charge in [-0.3, -0.25) is 19.2 Å². The van der Waals surface area contributed by atoms with Crippen molar-refractivity contribution in [2.24, 2.45) is 0 Å². The van der Waals surface area contributed by atoms with Gasteiger partial charge < -0.3 is 58.5 Å². The number of carbonyl (C=O) groups excluding carboxylic acids is 4. The molecule has 5 aliphatic rings. The molecule has 4 aromatic rings. The zero-order valence-electron chi connectivity index (χ0n) is 38.3. The third-order valence-electron chi connectivity index (χ3n) is 11.8. The molecular formula is C52H52N8O8. The fourth-order valence-electron chi connectivity index (χ4n) is 8.51. The average molecular weight is 917 g/mol. The Morgan fingerprint density at radius 3 is 0.809 bits per heavy atom. The van der Waals surface area contributed by atoms with Gasteiger partial charge in [-0.1, -0.05) is 24.3 Å². The minimum atomic E-state index is -0.346. The van der Waals surface area contributed by atoms with Crippen molar-refractivity contribution in [1.29, 1.82) is 0 Å². The van der Waals surface area contributed by atoms with Crippen LogP contribution < -0.4 is 21.4 Å². The Morgan fingerprint density at radius 1 is 0.382 bits per heavy atom. The Kier molecular flexibility index (Phi) is 12.9. The normalized spacial score (nSPS) is 16.6. The van der Waals surface area contributed by atoms with Crippen molar-refractivity contribution in [3.63, 3.8) is 0 Å². The first-order valence-corrected chi connectivity index (χ1v) is 22.3. The van der Waals surface area contributed by atoms with E-state index < -0.39 is 0 Å². The first kappa shape index (κ1) is 44.8. The number of rotatable bonds is 12. The number of aromatic amines is 4. The summed E-state index contributed by atoms with van der Waals surface area (Å²) in [6, 6.07) is 16.7. The van der Waals surface area contributed by atoms with Crippen LogP contribution in [-0.2, 0) is 38.1 Å². The van der Waals surface area contributed by atoms with Crippen LogP contribution in [0.5, 0.6) is 0 Å². The van der Waals surface area contributed by atoms with Gasteiger partial charge in [0.05, 0.1) is 0 Å². The Balaban J connectivity index is 1.25. The number of fused-ring (bicyclic) bond motifs is 8. The lowest BCUT2D eigenvalue weighted by Crippen LogP contribution is -2.26. The molecule has 0 aliphatic carbocycles. The quantitative estimate of drug-likeness (QED) is 0.121. The highest BCUT2D eigenvalue weighted by Gasteiger charge is 2.22. The molecule has 0 radical (unpaired) electrons. The number of nitrogens with zero attached hydrogens (tertiary/aromatic N) is 4. The number of hydrogen-bond donors (Lipinski definition) is 4. The summed E-state index contributed by atoms with van der Waals surface area (Å²) in [6.07, 6.45) is 24.4. The predicted molar refractivity (Wildman–Crippen MR) is 254 cm³/mol. The lowest BCUT2D eigenvalue weighted by atomic mass is 10.0. The highest BCUT2D eigenvalue weighted by Crippen LogP contribution is 2.31. The number of hydrogen-bond acceptors (Lipinski definition) is 12. The van der Waals surface area contributed by atoms with Crippen molar-refractivity contribution in [3.05, 3.63) is 188 Å². The van der Waals surface area contributed by atoms with Crippen molar-refractivity contribution in [2.45, 2.75) is 27.7 Å². The molecule has 4 aromatic heterocycles. The standard InChI is InChI=1S/C52H52N8O8/c1-33(61)65-29-57-21-13-37(14-22-57)49-41-5-7-43(53-41)50(38-15-23-58(24-16-38)30-66-34(2)62)45-9-11-47(55-45)52(40-19-27-60(28-20-40)32-68-36(4)64)48-12-10-46(56-48)51(44-8-6-42(49)54-44)39-17-25-59(26-18-39)31-67-35(3)63/h5-21,23,25,27,53-56H,22,24,26,28-32H2,1-4H3. The summed E-state index contributed by atoms with van der Waals surface area (Å²) in [7, 11) is 0. The summed E-state index contributed by atoms with van der Waals surface area (Å²) in [6.45, 7) is 8.24. The van der Waals surface area contributed by atoms with Crippen LogP contribution in [0.3, 0.4) is 0 Å². The molecule has 68 heavy (non-hydrogen) atoms. The molecule has 9 heterocycles. The number of H-pyrrole nitrogens is 4. The monoisotopic (exact) mass is 916 g/mol. The summed E-state index contributed by atoms with van der Waals surface area (Å²) in [4.78, 5) is 69.6. The van der Waals surface area contributed by atoms with E-state index in [0.29, 0.717) is 26.2 Å². The Hall–Kier alpha value is -8.40. The van der Waals surface area contributed by atoms with Crippen molar-refractivity contribution in [1.82, 2.24) is 39.5 Å². The molecule has 5 aliphatic heterocycles. The van der Waals surface area contributed by atoms with Crippen LogP contribution in [0.2, 0.25) is 0 Å². The van der Waals surface area contributed by atoms with E-state index in [-0.39, 0.29) is 50.8 Å². The summed E-state index contributed by atoms with van der Waals surface area (Å²) < 4.78 is 21.2. The van der Waals surface area contributed by atoms with Crippen LogP contribution >= 0.6 is 0 Å². The van der Waals surface area contributed by atoms with Crippen LogP contribution in [0, 0.1) is 0 Å². The van der Waals surface area contributed by atoms with E-state index in [1.54, 1.807) is 0 Å². The van der Waals surface area contributed by atoms with Gasteiger partial charge in [0.25, 0.3) is 0 Å². The van der Waals surface area contributed by atoms with E-state index in [1.807, 2.05) is 68.7 Å². The zero-order valence-corrected chi connectivity index (χ0v) is 38.3.